The van der Waals surface area contributed by atoms with Crippen molar-refractivity contribution in [1.29, 1.82) is 0 Å². The van der Waals surface area contributed by atoms with Gasteiger partial charge in [0, 0.05) is 24.0 Å². The summed E-state index contributed by atoms with van der Waals surface area (Å²) in [4.78, 5) is 2.54. The maximum Gasteiger partial charge on any atom is 0.160 e. The first kappa shape index (κ1) is 12.0. The molecule has 1 atom stereocenters. The molecule has 1 saturated heterocycles. The topological polar surface area (TPSA) is 21.1 Å². The third-order valence-corrected chi connectivity index (χ3v) is 5.05. The Morgan fingerprint density at radius 1 is 0.909 bits per heavy atom. The molecule has 1 unspecified atom stereocenters. The number of hydrogen-bond acceptors (Lipinski definition) is 2. The number of nitrogens with zero attached hydrogens (tertiary/aromatic N) is 3. The van der Waals surface area contributed by atoms with E-state index >= 15 is 0 Å². The van der Waals surface area contributed by atoms with E-state index in [1.165, 1.54) is 28.9 Å². The SMILES string of the molecule is c1ccc(C23CCCN2c2ccccc2-c2ccnn23)cc1. The second kappa shape index (κ2) is 4.23. The van der Waals surface area contributed by atoms with Crippen LogP contribution in [0.4, 0.5) is 5.69 Å². The standard InChI is InChI=1S/C19H17N3/c1-2-7-15(8-3-1)19-12-6-14-21(19)17-10-5-4-9-16(17)18-11-13-20-22(18)19/h1-5,7-11,13H,6,12,14H2. The predicted molar refractivity (Wildman–Crippen MR) is 87.8 cm³/mol. The second-order valence-electron chi connectivity index (χ2n) is 6.08. The molecule has 0 saturated carbocycles. The van der Waals surface area contributed by atoms with Gasteiger partial charge in [0.2, 0.25) is 0 Å². The highest BCUT2D eigenvalue weighted by Gasteiger charge is 2.49. The van der Waals surface area contributed by atoms with Crippen LogP contribution in [-0.2, 0) is 5.66 Å². The molecule has 5 rings (SSSR count). The zero-order valence-electron chi connectivity index (χ0n) is 12.3. The molecular formula is C19H17N3. The molecule has 2 aliphatic rings. The lowest BCUT2D eigenvalue weighted by Gasteiger charge is -2.45. The normalized spacial score (nSPS) is 22.1. The van der Waals surface area contributed by atoms with Gasteiger partial charge in [0.15, 0.2) is 5.66 Å². The summed E-state index contributed by atoms with van der Waals surface area (Å²) in [5.74, 6) is 0. The van der Waals surface area contributed by atoms with Gasteiger partial charge in [-0.15, -0.1) is 0 Å². The fourth-order valence-electron chi connectivity index (χ4n) is 4.20. The summed E-state index contributed by atoms with van der Waals surface area (Å²) < 4.78 is 2.23. The first-order valence-electron chi connectivity index (χ1n) is 7.88. The van der Waals surface area contributed by atoms with Crippen molar-refractivity contribution in [3.8, 4) is 11.3 Å². The van der Waals surface area contributed by atoms with Gasteiger partial charge in [-0.2, -0.15) is 5.10 Å². The molecule has 108 valence electrons. The fraction of sp³-hybridized carbons (Fsp3) is 0.211. The Hall–Kier alpha value is -2.55. The average molecular weight is 287 g/mol. The third-order valence-electron chi connectivity index (χ3n) is 5.05. The highest BCUT2D eigenvalue weighted by atomic mass is 15.5. The summed E-state index contributed by atoms with van der Waals surface area (Å²) in [5.41, 5.74) is 4.99. The molecule has 1 fully saturated rings. The number of hydrogen-bond donors (Lipinski definition) is 0. The zero-order valence-corrected chi connectivity index (χ0v) is 12.3. The van der Waals surface area contributed by atoms with Crippen molar-refractivity contribution in [2.45, 2.75) is 18.5 Å². The minimum Gasteiger partial charge on any atom is -0.343 e. The lowest BCUT2D eigenvalue weighted by Crippen LogP contribution is -2.50. The molecule has 0 aliphatic carbocycles. The van der Waals surface area contributed by atoms with Crippen molar-refractivity contribution in [1.82, 2.24) is 9.78 Å². The van der Waals surface area contributed by atoms with Crippen molar-refractivity contribution < 1.29 is 0 Å². The molecule has 2 aromatic carbocycles. The summed E-state index contributed by atoms with van der Waals surface area (Å²) in [5, 5.41) is 4.72. The average Bonchev–Trinajstić information content (AvgIpc) is 3.23. The number of rotatable bonds is 1. The van der Waals surface area contributed by atoms with Gasteiger partial charge in [0.05, 0.1) is 5.69 Å². The van der Waals surface area contributed by atoms with E-state index in [4.69, 9.17) is 5.10 Å². The van der Waals surface area contributed by atoms with Crippen LogP contribution in [0.25, 0.3) is 11.3 Å². The molecule has 0 radical (unpaired) electrons. The van der Waals surface area contributed by atoms with Crippen LogP contribution in [0.5, 0.6) is 0 Å². The summed E-state index contributed by atoms with van der Waals surface area (Å²) in [6.07, 6.45) is 4.21. The Balaban J connectivity index is 1.86. The summed E-state index contributed by atoms with van der Waals surface area (Å²) in [6.45, 7) is 1.07. The smallest absolute Gasteiger partial charge is 0.160 e. The number of aromatic nitrogens is 2. The lowest BCUT2D eigenvalue weighted by atomic mass is 9.92. The van der Waals surface area contributed by atoms with Crippen LogP contribution in [0, 0.1) is 0 Å². The highest BCUT2D eigenvalue weighted by molar-refractivity contribution is 5.80. The Kier molecular flexibility index (Phi) is 2.31. The van der Waals surface area contributed by atoms with Crippen molar-refractivity contribution in [3.05, 3.63) is 72.4 Å². The Morgan fingerprint density at radius 3 is 2.64 bits per heavy atom. The molecule has 3 heterocycles. The van der Waals surface area contributed by atoms with E-state index in [0.717, 1.165) is 13.0 Å². The van der Waals surface area contributed by atoms with E-state index in [1.807, 2.05) is 6.20 Å². The first-order valence-corrected chi connectivity index (χ1v) is 7.88. The van der Waals surface area contributed by atoms with Crippen molar-refractivity contribution >= 4 is 5.69 Å². The molecule has 0 spiro atoms. The molecule has 22 heavy (non-hydrogen) atoms. The molecule has 3 nitrogen and oxygen atoms in total. The molecule has 0 N–H and O–H groups in total. The fourth-order valence-corrected chi connectivity index (χ4v) is 4.20. The molecule has 2 aliphatic heterocycles. The van der Waals surface area contributed by atoms with E-state index in [2.05, 4.69) is 70.2 Å². The van der Waals surface area contributed by atoms with Crippen molar-refractivity contribution in [2.75, 3.05) is 11.4 Å². The summed E-state index contributed by atoms with van der Waals surface area (Å²) in [6, 6.07) is 21.6. The van der Waals surface area contributed by atoms with Gasteiger partial charge in [-0.05, 0) is 30.5 Å². The van der Waals surface area contributed by atoms with Crippen molar-refractivity contribution in [2.24, 2.45) is 0 Å². The van der Waals surface area contributed by atoms with Crippen LogP contribution in [0.2, 0.25) is 0 Å². The highest BCUT2D eigenvalue weighted by Crippen LogP contribution is 2.50. The second-order valence-corrected chi connectivity index (χ2v) is 6.08. The van der Waals surface area contributed by atoms with Crippen LogP contribution < -0.4 is 4.90 Å². The summed E-state index contributed by atoms with van der Waals surface area (Å²) in [7, 11) is 0. The van der Waals surface area contributed by atoms with Gasteiger partial charge in [-0.3, -0.25) is 0 Å². The number of benzene rings is 2. The van der Waals surface area contributed by atoms with Crippen LogP contribution in [0.15, 0.2) is 66.9 Å². The van der Waals surface area contributed by atoms with E-state index in [0.29, 0.717) is 0 Å². The molecular weight excluding hydrogens is 270 g/mol. The van der Waals surface area contributed by atoms with E-state index < -0.39 is 0 Å². The first-order chi connectivity index (χ1) is 10.9. The maximum atomic E-state index is 4.72. The zero-order chi connectivity index (χ0) is 14.6. The Bertz CT molecular complexity index is 837. The van der Waals surface area contributed by atoms with Crippen LogP contribution in [0.1, 0.15) is 18.4 Å². The molecule has 1 aromatic heterocycles. The monoisotopic (exact) mass is 287 g/mol. The van der Waals surface area contributed by atoms with Crippen LogP contribution in [-0.4, -0.2) is 16.3 Å². The number of para-hydroxylation sites is 1. The molecule has 3 aromatic rings. The quantitative estimate of drug-likeness (QED) is 0.677. The van der Waals surface area contributed by atoms with Crippen molar-refractivity contribution in [3.63, 3.8) is 0 Å². The van der Waals surface area contributed by atoms with Gasteiger partial charge < -0.3 is 4.90 Å². The maximum absolute atomic E-state index is 4.72. The van der Waals surface area contributed by atoms with Gasteiger partial charge in [-0.1, -0.05) is 48.5 Å². The molecule has 0 bridgehead atoms. The lowest BCUT2D eigenvalue weighted by molar-refractivity contribution is 0.330. The third kappa shape index (κ3) is 1.34. The van der Waals surface area contributed by atoms with E-state index in [-0.39, 0.29) is 5.66 Å². The summed E-state index contributed by atoms with van der Waals surface area (Å²) >= 11 is 0. The number of anilines is 1. The van der Waals surface area contributed by atoms with Gasteiger partial charge in [-0.25, -0.2) is 4.68 Å². The van der Waals surface area contributed by atoms with Gasteiger partial charge in [0.1, 0.15) is 0 Å². The minimum atomic E-state index is -0.172. The Labute approximate surface area is 129 Å². The molecule has 3 heteroatoms. The molecule has 0 amide bonds. The van der Waals surface area contributed by atoms with Gasteiger partial charge in [0.25, 0.3) is 0 Å². The van der Waals surface area contributed by atoms with Crippen LogP contribution in [0.3, 0.4) is 0 Å². The number of fused-ring (bicyclic) bond motifs is 6. The van der Waals surface area contributed by atoms with Gasteiger partial charge >= 0.3 is 0 Å². The van der Waals surface area contributed by atoms with Crippen LogP contribution >= 0.6 is 0 Å². The largest absolute Gasteiger partial charge is 0.343 e. The van der Waals surface area contributed by atoms with E-state index in [1.54, 1.807) is 0 Å². The predicted octanol–water partition coefficient (Wildman–Crippen LogP) is 3.87. The minimum absolute atomic E-state index is 0.172. The van der Waals surface area contributed by atoms with E-state index in [9.17, 15) is 0 Å². The Morgan fingerprint density at radius 2 is 1.73 bits per heavy atom.